The smallest absolute Gasteiger partial charge is 0.243 e. The molecule has 0 aliphatic carbocycles. The van der Waals surface area contributed by atoms with Crippen molar-refractivity contribution in [3.8, 4) is 5.75 Å². The zero-order valence-electron chi connectivity index (χ0n) is 12.7. The molecule has 0 atom stereocenters. The van der Waals surface area contributed by atoms with Crippen LogP contribution in [0.3, 0.4) is 0 Å². The van der Waals surface area contributed by atoms with Gasteiger partial charge in [0.2, 0.25) is 10.0 Å². The van der Waals surface area contributed by atoms with Crippen LogP contribution in [-0.4, -0.2) is 26.9 Å². The molecule has 6 heteroatoms. The van der Waals surface area contributed by atoms with Crippen molar-refractivity contribution in [1.82, 2.24) is 4.31 Å². The van der Waals surface area contributed by atoms with E-state index >= 15 is 0 Å². The van der Waals surface area contributed by atoms with E-state index < -0.39 is 10.0 Å². The lowest BCUT2D eigenvalue weighted by Crippen LogP contribution is -2.26. The molecule has 0 aromatic heterocycles. The highest BCUT2D eigenvalue weighted by atomic mass is 79.9. The van der Waals surface area contributed by atoms with E-state index in [1.54, 1.807) is 32.4 Å². The third kappa shape index (κ3) is 3.69. The normalized spacial score (nSPS) is 11.7. The molecule has 118 valence electrons. The Morgan fingerprint density at radius 2 is 1.77 bits per heavy atom. The Morgan fingerprint density at radius 1 is 1.14 bits per heavy atom. The minimum atomic E-state index is -3.51. The van der Waals surface area contributed by atoms with Crippen molar-refractivity contribution in [2.75, 3.05) is 14.2 Å². The molecule has 0 saturated heterocycles. The molecule has 0 fully saturated rings. The van der Waals surface area contributed by atoms with Gasteiger partial charge < -0.3 is 4.74 Å². The van der Waals surface area contributed by atoms with E-state index in [9.17, 15) is 8.42 Å². The highest BCUT2D eigenvalue weighted by molar-refractivity contribution is 9.10. The van der Waals surface area contributed by atoms with Crippen molar-refractivity contribution >= 4 is 26.0 Å². The van der Waals surface area contributed by atoms with Gasteiger partial charge >= 0.3 is 0 Å². The fourth-order valence-corrected chi connectivity index (χ4v) is 3.52. The molecule has 0 spiro atoms. The Labute approximate surface area is 139 Å². The Morgan fingerprint density at radius 3 is 2.32 bits per heavy atom. The van der Waals surface area contributed by atoms with Crippen molar-refractivity contribution in [3.63, 3.8) is 0 Å². The summed E-state index contributed by atoms with van der Waals surface area (Å²) >= 11 is 3.38. The fraction of sp³-hybridized carbons (Fsp3) is 0.250. The van der Waals surface area contributed by atoms with Gasteiger partial charge in [0.1, 0.15) is 5.75 Å². The van der Waals surface area contributed by atoms with Crippen LogP contribution >= 0.6 is 15.9 Å². The monoisotopic (exact) mass is 383 g/mol. The van der Waals surface area contributed by atoms with Crippen molar-refractivity contribution < 1.29 is 13.2 Å². The van der Waals surface area contributed by atoms with Crippen LogP contribution in [0.15, 0.2) is 51.8 Å². The van der Waals surface area contributed by atoms with Gasteiger partial charge in [0.15, 0.2) is 0 Å². The van der Waals surface area contributed by atoms with E-state index in [1.165, 1.54) is 4.31 Å². The summed E-state index contributed by atoms with van der Waals surface area (Å²) in [6.45, 7) is 2.17. The molecule has 0 saturated carbocycles. The first-order chi connectivity index (χ1) is 10.3. The molecule has 0 radical (unpaired) electrons. The first-order valence-electron chi connectivity index (χ1n) is 6.70. The van der Waals surface area contributed by atoms with E-state index in [4.69, 9.17) is 4.74 Å². The number of rotatable bonds is 5. The third-order valence-electron chi connectivity index (χ3n) is 3.40. The number of sulfonamides is 1. The molecule has 0 aliphatic rings. The van der Waals surface area contributed by atoms with Gasteiger partial charge in [-0.2, -0.15) is 4.31 Å². The molecular weight excluding hydrogens is 366 g/mol. The topological polar surface area (TPSA) is 46.6 Å². The van der Waals surface area contributed by atoms with Gasteiger partial charge in [-0.3, -0.25) is 0 Å². The second kappa shape index (κ2) is 6.81. The van der Waals surface area contributed by atoms with Crippen LogP contribution in [0.4, 0.5) is 0 Å². The highest BCUT2D eigenvalue weighted by Gasteiger charge is 2.21. The molecule has 2 aromatic rings. The summed E-state index contributed by atoms with van der Waals surface area (Å²) in [4.78, 5) is 0.296. The molecule has 0 aliphatic heterocycles. The predicted molar refractivity (Wildman–Crippen MR) is 90.5 cm³/mol. The van der Waals surface area contributed by atoms with Crippen LogP contribution < -0.4 is 4.74 Å². The van der Waals surface area contributed by atoms with Crippen molar-refractivity contribution in [2.45, 2.75) is 18.4 Å². The summed E-state index contributed by atoms with van der Waals surface area (Å²) in [5.41, 5.74) is 1.79. The minimum Gasteiger partial charge on any atom is -0.497 e. The molecule has 2 rings (SSSR count). The SMILES string of the molecule is COc1ccc(CN(C)S(=O)(=O)c2ccc(Br)c(C)c2)cc1. The molecule has 0 bridgehead atoms. The summed E-state index contributed by atoms with van der Waals surface area (Å²) in [6, 6.07) is 12.4. The Hall–Kier alpha value is -1.37. The predicted octanol–water partition coefficient (Wildman–Crippen LogP) is 3.59. The average Bonchev–Trinajstić information content (AvgIpc) is 2.50. The lowest BCUT2D eigenvalue weighted by Gasteiger charge is -2.18. The number of hydrogen-bond donors (Lipinski definition) is 0. The lowest BCUT2D eigenvalue weighted by molar-refractivity contribution is 0.414. The molecule has 2 aromatic carbocycles. The molecular formula is C16H18BrNO3S. The van der Waals surface area contributed by atoms with Crippen LogP contribution in [0.5, 0.6) is 5.75 Å². The van der Waals surface area contributed by atoms with E-state index in [2.05, 4.69) is 15.9 Å². The van der Waals surface area contributed by atoms with Crippen molar-refractivity contribution in [1.29, 1.82) is 0 Å². The van der Waals surface area contributed by atoms with Gasteiger partial charge in [-0.15, -0.1) is 0 Å². The number of nitrogens with zero attached hydrogens (tertiary/aromatic N) is 1. The van der Waals surface area contributed by atoms with Crippen molar-refractivity contribution in [2.24, 2.45) is 0 Å². The molecule has 22 heavy (non-hydrogen) atoms. The van der Waals surface area contributed by atoms with Gasteiger partial charge in [-0.05, 0) is 48.4 Å². The number of methoxy groups -OCH3 is 1. The largest absolute Gasteiger partial charge is 0.497 e. The van der Waals surface area contributed by atoms with Crippen LogP contribution in [0.2, 0.25) is 0 Å². The summed E-state index contributed by atoms with van der Waals surface area (Å²) in [5, 5.41) is 0. The molecule has 0 unspecified atom stereocenters. The summed E-state index contributed by atoms with van der Waals surface area (Å²) in [7, 11) is -0.332. The Balaban J connectivity index is 2.22. The molecule has 4 nitrogen and oxygen atoms in total. The van der Waals surface area contributed by atoms with Crippen LogP contribution in [0.25, 0.3) is 0 Å². The quantitative estimate of drug-likeness (QED) is 0.792. The first kappa shape index (κ1) is 17.0. The summed E-state index contributed by atoms with van der Waals surface area (Å²) in [5.74, 6) is 0.748. The Kier molecular flexibility index (Phi) is 5.26. The van der Waals surface area contributed by atoms with E-state index in [0.717, 1.165) is 21.3 Å². The number of aryl methyl sites for hydroxylation is 1. The molecule has 0 amide bonds. The van der Waals surface area contributed by atoms with Gasteiger partial charge in [0.25, 0.3) is 0 Å². The average molecular weight is 384 g/mol. The summed E-state index contributed by atoms with van der Waals surface area (Å²) < 4.78 is 32.6. The minimum absolute atomic E-state index is 0.296. The second-order valence-corrected chi connectivity index (χ2v) is 7.92. The number of ether oxygens (including phenoxy) is 1. The number of halogens is 1. The number of hydrogen-bond acceptors (Lipinski definition) is 3. The van der Waals surface area contributed by atoms with E-state index in [1.807, 2.05) is 31.2 Å². The first-order valence-corrected chi connectivity index (χ1v) is 8.93. The van der Waals surface area contributed by atoms with Crippen molar-refractivity contribution in [3.05, 3.63) is 58.1 Å². The molecule has 0 heterocycles. The number of benzene rings is 2. The standard InChI is InChI=1S/C16H18BrNO3S/c1-12-10-15(8-9-16(12)17)22(19,20)18(2)11-13-4-6-14(21-3)7-5-13/h4-10H,11H2,1-3H3. The van der Waals surface area contributed by atoms with E-state index in [-0.39, 0.29) is 0 Å². The fourth-order valence-electron chi connectivity index (χ4n) is 2.03. The van der Waals surface area contributed by atoms with E-state index in [0.29, 0.717) is 11.4 Å². The van der Waals surface area contributed by atoms with Gasteiger partial charge in [-0.25, -0.2) is 8.42 Å². The maximum absolute atomic E-state index is 12.6. The zero-order valence-corrected chi connectivity index (χ0v) is 15.1. The lowest BCUT2D eigenvalue weighted by atomic mass is 10.2. The van der Waals surface area contributed by atoms with Crippen LogP contribution in [0, 0.1) is 6.92 Å². The van der Waals surface area contributed by atoms with Gasteiger partial charge in [0, 0.05) is 18.1 Å². The highest BCUT2D eigenvalue weighted by Crippen LogP contribution is 2.23. The molecule has 0 N–H and O–H groups in total. The van der Waals surface area contributed by atoms with Crippen LogP contribution in [-0.2, 0) is 16.6 Å². The second-order valence-electron chi connectivity index (χ2n) is 5.02. The van der Waals surface area contributed by atoms with Gasteiger partial charge in [0.05, 0.1) is 12.0 Å². The maximum Gasteiger partial charge on any atom is 0.243 e. The maximum atomic E-state index is 12.6. The third-order valence-corrected chi connectivity index (χ3v) is 6.09. The Bertz CT molecular complexity index is 757. The van der Waals surface area contributed by atoms with Crippen LogP contribution in [0.1, 0.15) is 11.1 Å². The zero-order chi connectivity index (χ0) is 16.3. The summed E-state index contributed by atoms with van der Waals surface area (Å²) in [6.07, 6.45) is 0. The van der Waals surface area contributed by atoms with Gasteiger partial charge in [-0.1, -0.05) is 28.1 Å².